The van der Waals surface area contributed by atoms with Crippen LogP contribution < -0.4 is 15.0 Å². The minimum absolute atomic E-state index is 0.162. The minimum atomic E-state index is -0.162. The van der Waals surface area contributed by atoms with Crippen LogP contribution in [-0.2, 0) is 6.42 Å². The number of anilines is 2. The number of amides is 1. The van der Waals surface area contributed by atoms with Gasteiger partial charge in [-0.25, -0.2) is 0 Å². The Balaban J connectivity index is 1.35. The van der Waals surface area contributed by atoms with Crippen LogP contribution in [0.3, 0.4) is 0 Å². The van der Waals surface area contributed by atoms with Gasteiger partial charge in [-0.05, 0) is 49.0 Å². The van der Waals surface area contributed by atoms with Crippen molar-refractivity contribution in [2.24, 2.45) is 0 Å². The summed E-state index contributed by atoms with van der Waals surface area (Å²) in [5, 5.41) is 2.96. The van der Waals surface area contributed by atoms with E-state index in [4.69, 9.17) is 9.15 Å². The molecule has 2 aromatic carbocycles. The predicted molar refractivity (Wildman–Crippen MR) is 107 cm³/mol. The number of nitrogens with zero attached hydrogens (tertiary/aromatic N) is 3. The summed E-state index contributed by atoms with van der Waals surface area (Å²) in [4.78, 5) is 21.7. The largest absolute Gasteiger partial charge is 0.493 e. The molecule has 5 rings (SSSR count). The van der Waals surface area contributed by atoms with Crippen molar-refractivity contribution in [1.29, 1.82) is 0 Å². The molecule has 0 unspecified atom stereocenters. The molecular formula is C21H22N4O3. The summed E-state index contributed by atoms with van der Waals surface area (Å²) in [6.07, 6.45) is 0.874. The normalized spacial score (nSPS) is 16.8. The van der Waals surface area contributed by atoms with Gasteiger partial charge in [-0.2, -0.15) is 4.98 Å². The van der Waals surface area contributed by atoms with E-state index in [0.29, 0.717) is 29.3 Å². The van der Waals surface area contributed by atoms with E-state index in [1.807, 2.05) is 24.3 Å². The molecule has 1 amide bonds. The highest BCUT2D eigenvalue weighted by Crippen LogP contribution is 2.28. The van der Waals surface area contributed by atoms with E-state index in [2.05, 4.69) is 27.1 Å². The first-order valence-electron chi connectivity index (χ1n) is 9.57. The third kappa shape index (κ3) is 3.18. The van der Waals surface area contributed by atoms with Crippen LogP contribution in [-0.4, -0.2) is 55.6 Å². The van der Waals surface area contributed by atoms with Gasteiger partial charge < -0.3 is 24.3 Å². The van der Waals surface area contributed by atoms with Crippen molar-refractivity contribution in [1.82, 2.24) is 9.88 Å². The number of rotatable bonds is 3. The van der Waals surface area contributed by atoms with E-state index in [0.717, 1.165) is 49.6 Å². The Hall–Kier alpha value is -3.06. The number of hydrogen-bond acceptors (Lipinski definition) is 6. The predicted octanol–water partition coefficient (Wildman–Crippen LogP) is 2.77. The second kappa shape index (κ2) is 6.83. The highest BCUT2D eigenvalue weighted by molar-refractivity contribution is 6.06. The Morgan fingerprint density at radius 2 is 1.96 bits per heavy atom. The van der Waals surface area contributed by atoms with Crippen molar-refractivity contribution >= 4 is 28.7 Å². The van der Waals surface area contributed by atoms with Crippen molar-refractivity contribution in [3.63, 3.8) is 0 Å². The summed E-state index contributed by atoms with van der Waals surface area (Å²) < 4.78 is 11.4. The lowest BCUT2D eigenvalue weighted by Gasteiger charge is -2.31. The summed E-state index contributed by atoms with van der Waals surface area (Å²) in [6, 6.07) is 11.7. The number of oxazole rings is 1. The molecule has 3 aromatic rings. The van der Waals surface area contributed by atoms with E-state index < -0.39 is 0 Å². The number of nitrogens with one attached hydrogen (secondary N) is 1. The van der Waals surface area contributed by atoms with Crippen molar-refractivity contribution in [2.75, 3.05) is 50.1 Å². The van der Waals surface area contributed by atoms with Crippen LogP contribution in [0.25, 0.3) is 11.1 Å². The molecule has 7 heteroatoms. The third-order valence-electron chi connectivity index (χ3n) is 5.36. The molecule has 1 saturated heterocycles. The highest BCUT2D eigenvalue weighted by Gasteiger charge is 2.20. The molecule has 1 aromatic heterocycles. The number of aromatic nitrogens is 1. The van der Waals surface area contributed by atoms with Crippen LogP contribution in [0.2, 0.25) is 0 Å². The van der Waals surface area contributed by atoms with Gasteiger partial charge in [-0.3, -0.25) is 4.79 Å². The highest BCUT2D eigenvalue weighted by atomic mass is 16.5. The van der Waals surface area contributed by atoms with Crippen molar-refractivity contribution < 1.29 is 13.9 Å². The van der Waals surface area contributed by atoms with Crippen LogP contribution in [0.1, 0.15) is 15.9 Å². The fourth-order valence-corrected chi connectivity index (χ4v) is 3.66. The minimum Gasteiger partial charge on any atom is -0.493 e. The van der Waals surface area contributed by atoms with Gasteiger partial charge in [0.25, 0.3) is 11.9 Å². The SMILES string of the molecule is CN1CCN(c2nc3cc(C(=O)Nc4ccc5c(c4)CCO5)ccc3o2)CC1. The number of carbonyl (C=O) groups excluding carboxylic acids is 1. The van der Waals surface area contributed by atoms with Gasteiger partial charge in [-0.15, -0.1) is 0 Å². The maximum absolute atomic E-state index is 12.7. The Morgan fingerprint density at radius 1 is 1.11 bits per heavy atom. The number of fused-ring (bicyclic) bond motifs is 2. The number of carbonyl (C=O) groups is 1. The standard InChI is InChI=1S/C21H22N4O3/c1-24-7-9-25(10-8-24)21-23-17-13-15(2-4-19(17)28-21)20(26)22-16-3-5-18-14(12-16)6-11-27-18/h2-5,12-13H,6-11H2,1H3,(H,22,26). The zero-order valence-electron chi connectivity index (χ0n) is 15.8. The second-order valence-corrected chi connectivity index (χ2v) is 7.34. The van der Waals surface area contributed by atoms with Crippen LogP contribution in [0.15, 0.2) is 40.8 Å². The molecule has 3 heterocycles. The smallest absolute Gasteiger partial charge is 0.298 e. The van der Waals surface area contributed by atoms with E-state index >= 15 is 0 Å². The van der Waals surface area contributed by atoms with Crippen LogP contribution in [0.4, 0.5) is 11.7 Å². The lowest BCUT2D eigenvalue weighted by Crippen LogP contribution is -2.44. The van der Waals surface area contributed by atoms with Crippen molar-refractivity contribution in [3.8, 4) is 5.75 Å². The molecule has 2 aliphatic heterocycles. The van der Waals surface area contributed by atoms with E-state index in [1.165, 1.54) is 0 Å². The molecule has 28 heavy (non-hydrogen) atoms. The van der Waals surface area contributed by atoms with Crippen LogP contribution in [0, 0.1) is 0 Å². The lowest BCUT2D eigenvalue weighted by molar-refractivity contribution is 0.102. The fourth-order valence-electron chi connectivity index (χ4n) is 3.66. The second-order valence-electron chi connectivity index (χ2n) is 7.34. The molecule has 1 fully saturated rings. The lowest BCUT2D eigenvalue weighted by atomic mass is 10.1. The first-order valence-corrected chi connectivity index (χ1v) is 9.57. The Kier molecular flexibility index (Phi) is 4.16. The van der Waals surface area contributed by atoms with Gasteiger partial charge >= 0.3 is 0 Å². The molecule has 0 atom stereocenters. The zero-order chi connectivity index (χ0) is 19.1. The van der Waals surface area contributed by atoms with Gasteiger partial charge in [0.05, 0.1) is 6.61 Å². The fraction of sp³-hybridized carbons (Fsp3) is 0.333. The van der Waals surface area contributed by atoms with Gasteiger partial charge in [0.15, 0.2) is 5.58 Å². The molecular weight excluding hydrogens is 356 g/mol. The van der Waals surface area contributed by atoms with Crippen molar-refractivity contribution in [3.05, 3.63) is 47.5 Å². The molecule has 0 spiro atoms. The van der Waals surface area contributed by atoms with Crippen molar-refractivity contribution in [2.45, 2.75) is 6.42 Å². The van der Waals surface area contributed by atoms with E-state index in [9.17, 15) is 4.79 Å². The average molecular weight is 378 g/mol. The van der Waals surface area contributed by atoms with Gasteiger partial charge in [-0.1, -0.05) is 0 Å². The first kappa shape index (κ1) is 17.1. The Bertz CT molecular complexity index is 1040. The first-order chi connectivity index (χ1) is 13.7. The maximum Gasteiger partial charge on any atom is 0.298 e. The monoisotopic (exact) mass is 378 g/mol. The summed E-state index contributed by atoms with van der Waals surface area (Å²) in [6.45, 7) is 4.44. The summed E-state index contributed by atoms with van der Waals surface area (Å²) in [5.74, 6) is 0.739. The van der Waals surface area contributed by atoms with Gasteiger partial charge in [0.1, 0.15) is 11.3 Å². The quantitative estimate of drug-likeness (QED) is 0.756. The molecule has 7 nitrogen and oxygen atoms in total. The van der Waals surface area contributed by atoms with Crippen LogP contribution in [0.5, 0.6) is 5.75 Å². The van der Waals surface area contributed by atoms with E-state index in [1.54, 1.807) is 12.1 Å². The summed E-state index contributed by atoms with van der Waals surface area (Å²) in [5.41, 5.74) is 3.85. The maximum atomic E-state index is 12.7. The number of hydrogen-bond donors (Lipinski definition) is 1. The zero-order valence-corrected chi connectivity index (χ0v) is 15.8. The molecule has 1 N–H and O–H groups in total. The third-order valence-corrected chi connectivity index (χ3v) is 5.36. The number of ether oxygens (including phenoxy) is 1. The Morgan fingerprint density at radius 3 is 2.82 bits per heavy atom. The molecule has 144 valence electrons. The number of benzene rings is 2. The molecule has 2 aliphatic rings. The number of piperazine rings is 1. The van der Waals surface area contributed by atoms with Crippen LogP contribution >= 0.6 is 0 Å². The summed E-state index contributed by atoms with van der Waals surface area (Å²) >= 11 is 0. The molecule has 0 saturated carbocycles. The van der Waals surface area contributed by atoms with Gasteiger partial charge in [0.2, 0.25) is 0 Å². The Labute approximate surface area is 162 Å². The topological polar surface area (TPSA) is 70.8 Å². The summed E-state index contributed by atoms with van der Waals surface area (Å²) in [7, 11) is 2.11. The average Bonchev–Trinajstić information content (AvgIpc) is 3.34. The number of likely N-dealkylation sites (N-methyl/N-ethyl adjacent to an activating group) is 1. The van der Waals surface area contributed by atoms with E-state index in [-0.39, 0.29) is 5.91 Å². The molecule has 0 radical (unpaired) electrons. The molecule has 0 bridgehead atoms. The molecule has 0 aliphatic carbocycles. The van der Waals surface area contributed by atoms with Gasteiger partial charge in [0, 0.05) is 43.9 Å².